The van der Waals surface area contributed by atoms with Crippen LogP contribution in [0.2, 0.25) is 0 Å². The molecule has 0 bridgehead atoms. The Morgan fingerprint density at radius 1 is 1.57 bits per heavy atom. The van der Waals surface area contributed by atoms with Crippen LogP contribution in [0.4, 0.5) is 0 Å². The Morgan fingerprint density at radius 2 is 1.71 bits per heavy atom. The quantitative estimate of drug-likeness (QED) is 0.376. The van der Waals surface area contributed by atoms with Gasteiger partial charge in [0.2, 0.25) is 0 Å². The lowest BCUT2D eigenvalue weighted by atomic mass is 10.1. The van der Waals surface area contributed by atoms with Crippen LogP contribution in [0, 0.1) is 0 Å². The molecule has 7 heavy (non-hydrogen) atoms. The lowest BCUT2D eigenvalue weighted by Gasteiger charge is -2.19. The van der Waals surface area contributed by atoms with Crippen LogP contribution in [0.25, 0.3) is 0 Å². The van der Waals surface area contributed by atoms with Gasteiger partial charge in [0, 0.05) is 0 Å². The van der Waals surface area contributed by atoms with Gasteiger partial charge in [0.15, 0.2) is 0 Å². The summed E-state index contributed by atoms with van der Waals surface area (Å²) in [4.78, 5) is 0. The summed E-state index contributed by atoms with van der Waals surface area (Å²) < 4.78 is 0. The first-order chi connectivity index (χ1) is 2.94. The van der Waals surface area contributed by atoms with Gasteiger partial charge in [0.25, 0.3) is 0 Å². The molecule has 4 N–H and O–H groups in total. The maximum Gasteiger partial charge on any atom is 0.130 e. The molecule has 44 valence electrons. The standard InChI is InChI=1S/C4H11NO2/c1-4(2,7)3(5)6/h3,6-7H,5H2,1-2H3. The van der Waals surface area contributed by atoms with Crippen molar-refractivity contribution in [2.75, 3.05) is 0 Å². The van der Waals surface area contributed by atoms with Crippen molar-refractivity contribution in [2.45, 2.75) is 25.7 Å². The molecule has 1 atom stereocenters. The first-order valence-electron chi connectivity index (χ1n) is 2.10. The summed E-state index contributed by atoms with van der Waals surface area (Å²) in [7, 11) is 0. The Kier molecular flexibility index (Phi) is 1.75. The summed E-state index contributed by atoms with van der Waals surface area (Å²) in [6.45, 7) is 2.88. The van der Waals surface area contributed by atoms with Gasteiger partial charge in [-0.1, -0.05) is 0 Å². The maximum atomic E-state index is 8.72. The first kappa shape index (κ1) is 6.88. The highest BCUT2D eigenvalue weighted by molar-refractivity contribution is 4.69. The Morgan fingerprint density at radius 3 is 1.71 bits per heavy atom. The van der Waals surface area contributed by atoms with Crippen molar-refractivity contribution >= 4 is 0 Å². The molecular formula is C4H11NO2. The Hall–Kier alpha value is -0.120. The molecular weight excluding hydrogens is 94.0 g/mol. The molecule has 0 spiro atoms. The Balaban J connectivity index is 3.54. The van der Waals surface area contributed by atoms with Crippen LogP contribution in [0.5, 0.6) is 0 Å². The normalized spacial score (nSPS) is 16.7. The van der Waals surface area contributed by atoms with E-state index in [0.29, 0.717) is 0 Å². The lowest BCUT2D eigenvalue weighted by Crippen LogP contribution is -2.42. The van der Waals surface area contributed by atoms with Crippen molar-refractivity contribution < 1.29 is 10.2 Å². The van der Waals surface area contributed by atoms with E-state index in [0.717, 1.165) is 0 Å². The van der Waals surface area contributed by atoms with E-state index < -0.39 is 11.8 Å². The molecule has 0 aliphatic heterocycles. The van der Waals surface area contributed by atoms with Gasteiger partial charge in [-0.05, 0) is 13.8 Å². The van der Waals surface area contributed by atoms with Gasteiger partial charge in [-0.2, -0.15) is 0 Å². The van der Waals surface area contributed by atoms with E-state index in [4.69, 9.17) is 15.9 Å². The van der Waals surface area contributed by atoms with Crippen molar-refractivity contribution in [1.82, 2.24) is 0 Å². The van der Waals surface area contributed by atoms with Crippen molar-refractivity contribution in [3.63, 3.8) is 0 Å². The van der Waals surface area contributed by atoms with Gasteiger partial charge < -0.3 is 15.9 Å². The minimum absolute atomic E-state index is 1.15. The summed E-state index contributed by atoms with van der Waals surface area (Å²) in [5.74, 6) is 0. The number of nitrogens with two attached hydrogens (primary N) is 1. The van der Waals surface area contributed by atoms with Crippen molar-refractivity contribution in [3.05, 3.63) is 0 Å². The molecule has 0 aromatic carbocycles. The largest absolute Gasteiger partial charge is 0.386 e. The van der Waals surface area contributed by atoms with Crippen LogP contribution < -0.4 is 5.73 Å². The number of aliphatic hydroxyl groups excluding tert-OH is 1. The number of hydrogen-bond acceptors (Lipinski definition) is 3. The number of aliphatic hydroxyl groups is 2. The molecule has 0 aliphatic carbocycles. The topological polar surface area (TPSA) is 66.5 Å². The molecule has 3 nitrogen and oxygen atoms in total. The molecule has 0 amide bonds. The Bertz CT molecular complexity index is 55.2. The van der Waals surface area contributed by atoms with Gasteiger partial charge in [-0.3, -0.25) is 0 Å². The van der Waals surface area contributed by atoms with E-state index >= 15 is 0 Å². The zero-order valence-corrected chi connectivity index (χ0v) is 4.55. The van der Waals surface area contributed by atoms with E-state index in [1.165, 1.54) is 13.8 Å². The second kappa shape index (κ2) is 1.78. The van der Waals surface area contributed by atoms with Gasteiger partial charge >= 0.3 is 0 Å². The molecule has 0 fully saturated rings. The summed E-state index contributed by atoms with van der Waals surface area (Å²) in [5.41, 5.74) is 3.71. The van der Waals surface area contributed by atoms with Crippen molar-refractivity contribution in [3.8, 4) is 0 Å². The molecule has 0 heterocycles. The highest BCUT2D eigenvalue weighted by Crippen LogP contribution is 2.00. The smallest absolute Gasteiger partial charge is 0.130 e. The molecule has 0 aromatic rings. The number of rotatable bonds is 1. The molecule has 0 saturated carbocycles. The van der Waals surface area contributed by atoms with E-state index in [9.17, 15) is 0 Å². The fraction of sp³-hybridized carbons (Fsp3) is 1.00. The van der Waals surface area contributed by atoms with Crippen LogP contribution in [0.3, 0.4) is 0 Å². The fourth-order valence-electron chi connectivity index (χ4n) is 0. The van der Waals surface area contributed by atoms with Crippen LogP contribution in [0.1, 0.15) is 13.8 Å². The van der Waals surface area contributed by atoms with Crippen molar-refractivity contribution in [1.29, 1.82) is 0 Å². The molecule has 0 radical (unpaired) electrons. The number of hydrogen-bond donors (Lipinski definition) is 3. The van der Waals surface area contributed by atoms with Gasteiger partial charge in [-0.25, -0.2) is 0 Å². The monoisotopic (exact) mass is 105 g/mol. The molecule has 0 aliphatic rings. The van der Waals surface area contributed by atoms with E-state index in [-0.39, 0.29) is 0 Å². The van der Waals surface area contributed by atoms with Crippen LogP contribution in [-0.2, 0) is 0 Å². The van der Waals surface area contributed by atoms with Crippen LogP contribution in [0.15, 0.2) is 0 Å². The highest BCUT2D eigenvalue weighted by atomic mass is 16.3. The molecule has 3 heteroatoms. The van der Waals surface area contributed by atoms with Crippen LogP contribution in [-0.4, -0.2) is 22.0 Å². The first-order valence-corrected chi connectivity index (χ1v) is 2.10. The zero-order valence-electron chi connectivity index (χ0n) is 4.55. The highest BCUT2D eigenvalue weighted by Gasteiger charge is 2.19. The van der Waals surface area contributed by atoms with Crippen LogP contribution >= 0.6 is 0 Å². The van der Waals surface area contributed by atoms with Crippen molar-refractivity contribution in [2.24, 2.45) is 5.73 Å². The predicted octanol–water partition coefficient (Wildman–Crippen LogP) is -0.966. The molecule has 0 rings (SSSR count). The van der Waals surface area contributed by atoms with Gasteiger partial charge in [0.1, 0.15) is 6.23 Å². The van der Waals surface area contributed by atoms with E-state index in [1.807, 2.05) is 0 Å². The van der Waals surface area contributed by atoms with Gasteiger partial charge in [0.05, 0.1) is 5.60 Å². The predicted molar refractivity (Wildman–Crippen MR) is 26.5 cm³/mol. The molecule has 0 aromatic heterocycles. The average Bonchev–Trinajstić information content (AvgIpc) is 1.31. The summed E-state index contributed by atoms with van der Waals surface area (Å²) in [6, 6.07) is 0. The molecule has 1 unspecified atom stereocenters. The average molecular weight is 105 g/mol. The second-order valence-corrected chi connectivity index (χ2v) is 2.10. The third-order valence-corrected chi connectivity index (χ3v) is 0.724. The van der Waals surface area contributed by atoms with E-state index in [2.05, 4.69) is 0 Å². The molecule has 0 saturated heterocycles. The van der Waals surface area contributed by atoms with E-state index in [1.54, 1.807) is 0 Å². The maximum absolute atomic E-state index is 8.72. The SMILES string of the molecule is CC(C)(O)C(N)O. The zero-order chi connectivity index (χ0) is 6.08. The summed E-state index contributed by atoms with van der Waals surface area (Å²) in [6.07, 6.45) is -1.15. The fourth-order valence-corrected chi connectivity index (χ4v) is 0. The lowest BCUT2D eigenvalue weighted by molar-refractivity contribution is -0.0440. The Labute approximate surface area is 42.8 Å². The summed E-state index contributed by atoms with van der Waals surface area (Å²) in [5, 5.41) is 17.1. The van der Waals surface area contributed by atoms with Gasteiger partial charge in [-0.15, -0.1) is 0 Å². The minimum Gasteiger partial charge on any atom is -0.386 e. The minimum atomic E-state index is -1.17. The third-order valence-electron chi connectivity index (χ3n) is 0.724. The third kappa shape index (κ3) is 2.56. The second-order valence-electron chi connectivity index (χ2n) is 2.10. The summed E-state index contributed by atoms with van der Waals surface area (Å²) >= 11 is 0.